The van der Waals surface area contributed by atoms with Crippen LogP contribution in [0.3, 0.4) is 0 Å². The molecule has 0 aromatic heterocycles. The highest BCUT2D eigenvalue weighted by molar-refractivity contribution is 5.84. The lowest BCUT2D eigenvalue weighted by Crippen LogP contribution is -2.46. The Hall–Kier alpha value is -4.21. The summed E-state index contributed by atoms with van der Waals surface area (Å²) >= 11 is 0. The van der Waals surface area contributed by atoms with Crippen LogP contribution in [0.25, 0.3) is 10.8 Å². The lowest BCUT2D eigenvalue weighted by molar-refractivity contribution is -0.140. The monoisotopic (exact) mass is 607 g/mol. The van der Waals surface area contributed by atoms with Crippen LogP contribution >= 0.6 is 0 Å². The Morgan fingerprint density at radius 3 is 1.98 bits per heavy atom. The van der Waals surface area contributed by atoms with Gasteiger partial charge in [-0.15, -0.1) is 0 Å². The molecule has 2 aromatic carbocycles. The van der Waals surface area contributed by atoms with Gasteiger partial charge in [-0.25, -0.2) is 14.4 Å². The minimum absolute atomic E-state index is 0.223. The molecule has 0 fully saturated rings. The molecule has 0 aliphatic rings. The largest absolute Gasteiger partial charge is 0.481 e. The Bertz CT molecular complexity index is 1050. The van der Waals surface area contributed by atoms with Crippen molar-refractivity contribution in [2.75, 3.05) is 20.2 Å². The average Bonchev–Trinajstić information content (AvgIpc) is 3.01. The van der Waals surface area contributed by atoms with Crippen molar-refractivity contribution >= 4 is 41.0 Å². The molecule has 11 heteroatoms. The lowest BCUT2D eigenvalue weighted by Gasteiger charge is -2.13. The predicted molar refractivity (Wildman–Crippen MR) is 173 cm³/mol. The Balaban J connectivity index is -0.000000247. The SMILES string of the molecule is CC.CCC.CCCCNC(C)=C=O.CO.Cc1ccc2ccccc2c1.O=CCNC(=O)NC(CCC(=O)O)C(=O)O. The number of carboxylic acids is 2. The first-order valence-corrected chi connectivity index (χ1v) is 14.3. The zero-order valence-corrected chi connectivity index (χ0v) is 27.0. The summed E-state index contributed by atoms with van der Waals surface area (Å²) in [6.45, 7) is 14.9. The molecule has 2 rings (SSSR count). The number of aliphatic carboxylic acids is 2. The summed E-state index contributed by atoms with van der Waals surface area (Å²) in [5.74, 6) is -0.703. The number of carboxylic acid groups (broad SMARTS) is 2. The van der Waals surface area contributed by atoms with Crippen LogP contribution in [0.2, 0.25) is 0 Å². The van der Waals surface area contributed by atoms with Gasteiger partial charge < -0.3 is 36.1 Å². The van der Waals surface area contributed by atoms with Crippen LogP contribution in [0.5, 0.6) is 0 Å². The van der Waals surface area contributed by atoms with Crippen molar-refractivity contribution in [2.24, 2.45) is 0 Å². The fourth-order valence-electron chi connectivity index (χ4n) is 2.67. The molecule has 0 spiro atoms. The number of aliphatic hydroxyl groups excluding tert-OH is 1. The van der Waals surface area contributed by atoms with Gasteiger partial charge in [-0.3, -0.25) is 4.79 Å². The van der Waals surface area contributed by atoms with Gasteiger partial charge in [0.1, 0.15) is 18.3 Å². The quantitative estimate of drug-likeness (QED) is 0.115. The second-order valence-electron chi connectivity index (χ2n) is 8.41. The van der Waals surface area contributed by atoms with Gasteiger partial charge in [-0.2, -0.15) is 0 Å². The van der Waals surface area contributed by atoms with Crippen molar-refractivity contribution in [2.45, 2.75) is 86.6 Å². The molecule has 1 unspecified atom stereocenters. The molecule has 6 N–H and O–H groups in total. The Morgan fingerprint density at radius 2 is 1.51 bits per heavy atom. The van der Waals surface area contributed by atoms with E-state index in [4.69, 9.17) is 15.3 Å². The topological polar surface area (TPSA) is 182 Å². The van der Waals surface area contributed by atoms with Crippen molar-refractivity contribution < 1.29 is 39.3 Å². The standard InChI is InChI=1S/C11H10.C8H12N2O6.C7H13NO.C3H8.C2H6.CH4O/c1-9-6-7-10-4-2-3-5-11(10)8-9;11-4-3-9-8(16)10-5(7(14)15)1-2-6(12)13;1-3-4-5-8-7(2)6-9;1-3-2;2*1-2/h2-8H,1H3;4-5H,1-3H2,(H,12,13)(H,14,15)(H2,9,10,16);8H,3-5H2,1-2H3;3H2,1-2H3;1-2H3;2H,1H3. The zero-order chi connectivity index (χ0) is 34.1. The molecule has 2 amide bonds. The number of rotatable bonds is 11. The number of carbonyl (C=O) groups is 4. The van der Waals surface area contributed by atoms with Crippen LogP contribution in [0.15, 0.2) is 48.2 Å². The minimum Gasteiger partial charge on any atom is -0.481 e. The van der Waals surface area contributed by atoms with Crippen molar-refractivity contribution in [3.63, 3.8) is 0 Å². The molecule has 0 radical (unpaired) electrons. The molecular formula is C32H53N3O8. The summed E-state index contributed by atoms with van der Waals surface area (Å²) in [4.78, 5) is 51.6. The Morgan fingerprint density at radius 1 is 0.953 bits per heavy atom. The van der Waals surface area contributed by atoms with E-state index in [-0.39, 0.29) is 19.4 Å². The number of hydrogen-bond donors (Lipinski definition) is 6. The number of unbranched alkanes of at least 4 members (excludes halogenated alkanes) is 1. The van der Waals surface area contributed by atoms with E-state index in [0.29, 0.717) is 12.0 Å². The van der Waals surface area contributed by atoms with E-state index in [2.05, 4.69) is 80.8 Å². The predicted octanol–water partition coefficient (Wildman–Crippen LogP) is 5.11. The summed E-state index contributed by atoms with van der Waals surface area (Å²) < 4.78 is 0. The summed E-state index contributed by atoms with van der Waals surface area (Å²) in [5.41, 5.74) is 1.92. The van der Waals surface area contributed by atoms with Gasteiger partial charge >= 0.3 is 18.0 Å². The number of urea groups is 1. The lowest BCUT2D eigenvalue weighted by atomic mass is 10.1. The summed E-state index contributed by atoms with van der Waals surface area (Å²) in [6.07, 6.45) is 3.36. The first-order chi connectivity index (χ1) is 20.6. The van der Waals surface area contributed by atoms with E-state index < -0.39 is 24.0 Å². The van der Waals surface area contributed by atoms with Crippen LogP contribution in [0.1, 0.15) is 79.2 Å². The number of nitrogens with one attached hydrogen (secondary N) is 3. The number of aliphatic hydroxyl groups is 1. The van der Waals surface area contributed by atoms with Gasteiger partial charge in [0.05, 0.1) is 12.2 Å². The third-order valence-corrected chi connectivity index (χ3v) is 4.57. The Labute approximate surface area is 256 Å². The first-order valence-electron chi connectivity index (χ1n) is 14.3. The highest BCUT2D eigenvalue weighted by atomic mass is 16.4. The van der Waals surface area contributed by atoms with Gasteiger partial charge in [-0.05, 0) is 37.5 Å². The van der Waals surface area contributed by atoms with Crippen LogP contribution in [0, 0.1) is 6.92 Å². The fourth-order valence-corrected chi connectivity index (χ4v) is 2.67. The molecule has 244 valence electrons. The van der Waals surface area contributed by atoms with Crippen LogP contribution in [0.4, 0.5) is 4.79 Å². The molecule has 0 aliphatic carbocycles. The molecule has 0 saturated carbocycles. The van der Waals surface area contributed by atoms with Crippen molar-refractivity contribution in [1.29, 1.82) is 0 Å². The molecule has 0 heterocycles. The van der Waals surface area contributed by atoms with E-state index in [0.717, 1.165) is 26.5 Å². The second-order valence-corrected chi connectivity index (χ2v) is 8.41. The molecule has 11 nitrogen and oxygen atoms in total. The smallest absolute Gasteiger partial charge is 0.326 e. The number of aryl methyl sites for hydroxylation is 1. The first kappa shape index (κ1) is 45.8. The van der Waals surface area contributed by atoms with Gasteiger partial charge in [-0.1, -0.05) is 95.5 Å². The molecule has 2 aromatic rings. The highest BCUT2D eigenvalue weighted by Crippen LogP contribution is 2.14. The molecule has 1 atom stereocenters. The summed E-state index contributed by atoms with van der Waals surface area (Å²) in [5, 5.41) is 33.7. The second kappa shape index (κ2) is 34.0. The van der Waals surface area contributed by atoms with Gasteiger partial charge in [0.2, 0.25) is 0 Å². The maximum Gasteiger partial charge on any atom is 0.326 e. The average molecular weight is 608 g/mol. The number of fused-ring (bicyclic) bond motifs is 1. The van der Waals surface area contributed by atoms with Crippen molar-refractivity contribution in [3.8, 4) is 0 Å². The van der Waals surface area contributed by atoms with E-state index >= 15 is 0 Å². The van der Waals surface area contributed by atoms with E-state index in [9.17, 15) is 24.0 Å². The van der Waals surface area contributed by atoms with Gasteiger partial charge in [0.15, 0.2) is 0 Å². The van der Waals surface area contributed by atoms with Crippen molar-refractivity contribution in [1.82, 2.24) is 16.0 Å². The molecule has 0 saturated heterocycles. The molecular weight excluding hydrogens is 554 g/mol. The maximum atomic E-state index is 11.0. The van der Waals surface area contributed by atoms with E-state index in [1.54, 1.807) is 12.9 Å². The van der Waals surface area contributed by atoms with Gasteiger partial charge in [0, 0.05) is 20.1 Å². The van der Waals surface area contributed by atoms with Crippen molar-refractivity contribution in [3.05, 3.63) is 53.7 Å². The molecule has 43 heavy (non-hydrogen) atoms. The summed E-state index contributed by atoms with van der Waals surface area (Å²) in [6, 6.07) is 12.8. The number of hydrogen-bond acceptors (Lipinski definition) is 7. The number of amides is 2. The Kier molecular flexibility index (Phi) is 36.2. The number of aldehydes is 1. The maximum absolute atomic E-state index is 11.0. The third-order valence-electron chi connectivity index (χ3n) is 4.57. The minimum atomic E-state index is -1.33. The summed E-state index contributed by atoms with van der Waals surface area (Å²) in [7, 11) is 1.00. The van der Waals surface area contributed by atoms with Crippen LogP contribution < -0.4 is 16.0 Å². The zero-order valence-electron chi connectivity index (χ0n) is 27.0. The number of allylic oxidation sites excluding steroid dienone is 1. The van der Waals surface area contributed by atoms with Crippen LogP contribution in [-0.2, 0) is 19.2 Å². The normalized spacial score (nSPS) is 9.23. The van der Waals surface area contributed by atoms with E-state index in [1.165, 1.54) is 22.8 Å². The highest BCUT2D eigenvalue weighted by Gasteiger charge is 2.20. The molecule has 0 aliphatic heterocycles. The molecule has 0 bridgehead atoms. The number of carbonyl (C=O) groups excluding carboxylic acids is 3. The van der Waals surface area contributed by atoms with E-state index in [1.807, 2.05) is 19.2 Å². The third kappa shape index (κ3) is 30.6. The van der Waals surface area contributed by atoms with Gasteiger partial charge in [0.25, 0.3) is 0 Å². The number of benzene rings is 2. The fraction of sp³-hybridized carbons (Fsp3) is 0.500. The van der Waals surface area contributed by atoms with Crippen LogP contribution in [-0.4, -0.2) is 71.8 Å².